The fourth-order valence-electron chi connectivity index (χ4n) is 5.85. The second-order valence-electron chi connectivity index (χ2n) is 11.6. The van der Waals surface area contributed by atoms with Crippen LogP contribution in [0.3, 0.4) is 0 Å². The number of pyridine rings is 2. The molecule has 5 N–H and O–H groups in total. The van der Waals surface area contributed by atoms with Crippen LogP contribution in [0.15, 0.2) is 82.8 Å². The Labute approximate surface area is 327 Å². The fraction of sp³-hybridized carbons (Fsp3) is 0.235. The molecule has 0 aliphatic carbocycles. The van der Waals surface area contributed by atoms with Crippen LogP contribution in [0.4, 0.5) is 0 Å². The summed E-state index contributed by atoms with van der Waals surface area (Å²) in [5.41, 5.74) is -0.0694. The van der Waals surface area contributed by atoms with Crippen LogP contribution in [-0.4, -0.2) is 108 Å². The van der Waals surface area contributed by atoms with E-state index in [-0.39, 0.29) is 64.2 Å². The molecule has 1 radical (unpaired) electrons. The minimum absolute atomic E-state index is 0. The molecule has 0 saturated carbocycles. The summed E-state index contributed by atoms with van der Waals surface area (Å²) < 4.78 is 85.9. The SMILES string of the molecule is [CH2-]OC(=O)CN(CCN(CC(=O)O)C(c1cc(OC)cc(S(=O)(=O)O)c1O)c1cccc[n+]1[CH2-])[C@H](c1ccccn1)c1cc(OC)cc(S(=O)(=O)O)c1O.[Mn]. The number of phenols is 2. The summed E-state index contributed by atoms with van der Waals surface area (Å²) in [6.45, 7) is -2.06. The maximum absolute atomic E-state index is 12.9. The Balaban J connectivity index is 0.00000812. The molecule has 4 aromatic rings. The third-order valence-corrected chi connectivity index (χ3v) is 9.97. The van der Waals surface area contributed by atoms with Crippen molar-refractivity contribution in [3.63, 3.8) is 0 Å². The second-order valence-corrected chi connectivity index (χ2v) is 14.4. The summed E-state index contributed by atoms with van der Waals surface area (Å²) in [6.07, 6.45) is 2.89. The van der Waals surface area contributed by atoms with Crippen LogP contribution < -0.4 is 14.0 Å². The molecule has 2 aromatic heterocycles. The minimum atomic E-state index is -5.06. The largest absolute Gasteiger partial charge is 0.639 e. The maximum Gasteiger partial charge on any atom is 0.317 e. The van der Waals surface area contributed by atoms with Crippen LogP contribution in [0.1, 0.15) is 34.6 Å². The van der Waals surface area contributed by atoms with Gasteiger partial charge < -0.3 is 34.1 Å². The van der Waals surface area contributed by atoms with Gasteiger partial charge in [-0.25, -0.2) is 0 Å². The Morgan fingerprint density at radius 3 is 1.76 bits per heavy atom. The Bertz CT molecular complexity index is 2230. The number of aromatic nitrogens is 2. The number of hydrogen-bond acceptors (Lipinski definition) is 14. The molecule has 18 nitrogen and oxygen atoms in total. The van der Waals surface area contributed by atoms with E-state index in [0.29, 0.717) is 0 Å². The van der Waals surface area contributed by atoms with Crippen LogP contribution in [0.5, 0.6) is 23.0 Å². The number of carbonyl (C=O) groups is 2. The van der Waals surface area contributed by atoms with Gasteiger partial charge in [0.1, 0.15) is 38.5 Å². The maximum atomic E-state index is 12.9. The molecule has 2 atom stereocenters. The number of rotatable bonds is 17. The molecule has 1 unspecified atom stereocenters. The molecule has 0 fully saturated rings. The molecule has 297 valence electrons. The molecule has 0 saturated heterocycles. The van der Waals surface area contributed by atoms with Crippen molar-refractivity contribution in [3.05, 3.63) is 110 Å². The monoisotopic (exact) mass is 844 g/mol. The first-order valence-corrected chi connectivity index (χ1v) is 18.4. The standard InChI is InChI=1S/C34H37N4O14S2.Mn/c1-36-12-8-6-10-26(36)32(24-16-22(51-3)18-28(34(24)43)54(47,48)49)37(19-29(39)40)13-14-38(20-30(41)52-4)31(25-9-5-7-11-35-25)23-15-21(50-2)17-27(33(23)42)53(44,45)46;/h5-12,15-18,31-32,42-43H,1,4,13-14,19-20H2,2-3H3,(H,39,40)(H,44,45,46)(H,47,48,49);/q-1;/t31-,32?;/m0./s1. The molecule has 0 bridgehead atoms. The number of esters is 1. The van der Waals surface area contributed by atoms with E-state index in [1.54, 1.807) is 24.3 Å². The molecule has 0 amide bonds. The van der Waals surface area contributed by atoms with Crippen molar-refractivity contribution in [2.75, 3.05) is 40.4 Å². The van der Waals surface area contributed by atoms with Crippen molar-refractivity contribution in [1.29, 1.82) is 0 Å². The van der Waals surface area contributed by atoms with Crippen molar-refractivity contribution in [2.45, 2.75) is 21.9 Å². The van der Waals surface area contributed by atoms with Gasteiger partial charge in [0.15, 0.2) is 0 Å². The summed E-state index contributed by atoms with van der Waals surface area (Å²) in [7, 11) is -0.580. The van der Waals surface area contributed by atoms with E-state index in [1.165, 1.54) is 65.2 Å². The number of nitrogens with zero attached hydrogens (tertiary/aromatic N) is 4. The smallest absolute Gasteiger partial charge is 0.317 e. The topological polar surface area (TPSA) is 255 Å². The normalized spacial score (nSPS) is 12.8. The summed E-state index contributed by atoms with van der Waals surface area (Å²) in [6, 6.07) is 10.9. The van der Waals surface area contributed by atoms with E-state index in [0.717, 1.165) is 12.1 Å². The number of methoxy groups -OCH3 is 2. The molecule has 0 aliphatic heterocycles. The average Bonchev–Trinajstić information content (AvgIpc) is 3.11. The quantitative estimate of drug-likeness (QED) is 0.0334. The Hall–Kier alpha value is -4.99. The summed E-state index contributed by atoms with van der Waals surface area (Å²) in [4.78, 5) is 30.5. The molecular formula is C34H37MnN4O14S2-. The third kappa shape index (κ3) is 10.6. The summed E-state index contributed by atoms with van der Waals surface area (Å²) in [5, 5.41) is 32.8. The van der Waals surface area contributed by atoms with Gasteiger partial charge in [-0.05, 0) is 24.3 Å². The van der Waals surface area contributed by atoms with Crippen LogP contribution in [0, 0.1) is 14.2 Å². The van der Waals surface area contributed by atoms with E-state index < -0.39 is 78.6 Å². The van der Waals surface area contributed by atoms with E-state index in [9.17, 15) is 50.8 Å². The molecule has 55 heavy (non-hydrogen) atoms. The average molecular weight is 845 g/mol. The molecule has 0 spiro atoms. The van der Waals surface area contributed by atoms with Crippen LogP contribution in [-0.2, 0) is 51.6 Å². The summed E-state index contributed by atoms with van der Waals surface area (Å²) in [5.74, 6) is -4.38. The first kappa shape index (κ1) is 44.4. The van der Waals surface area contributed by atoms with E-state index in [1.807, 2.05) is 0 Å². The predicted molar refractivity (Wildman–Crippen MR) is 186 cm³/mol. The Morgan fingerprint density at radius 2 is 1.33 bits per heavy atom. The van der Waals surface area contributed by atoms with Gasteiger partial charge in [-0.3, -0.25) is 33.5 Å². The van der Waals surface area contributed by atoms with Crippen LogP contribution in [0.25, 0.3) is 0 Å². The zero-order valence-corrected chi connectivity index (χ0v) is 32.0. The van der Waals surface area contributed by atoms with Gasteiger partial charge in [0.2, 0.25) is 0 Å². The van der Waals surface area contributed by atoms with Crippen molar-refractivity contribution in [1.82, 2.24) is 14.8 Å². The fourth-order valence-corrected chi connectivity index (χ4v) is 7.11. The number of benzene rings is 2. The third-order valence-electron chi connectivity index (χ3n) is 8.23. The van der Waals surface area contributed by atoms with Gasteiger partial charge in [0.25, 0.3) is 26.2 Å². The Kier molecular flexibility index (Phi) is 15.0. The van der Waals surface area contributed by atoms with Gasteiger partial charge >= 0.3 is 5.97 Å². The first-order valence-electron chi connectivity index (χ1n) is 15.5. The summed E-state index contributed by atoms with van der Waals surface area (Å²) >= 11 is 0. The molecular weight excluding hydrogens is 807 g/mol. The van der Waals surface area contributed by atoms with Gasteiger partial charge in [-0.1, -0.05) is 24.3 Å². The number of carbonyl (C=O) groups excluding carboxylic acids is 1. The van der Waals surface area contributed by atoms with E-state index >= 15 is 0 Å². The number of carboxylic acid groups (broad SMARTS) is 1. The minimum Gasteiger partial charge on any atom is -0.639 e. The van der Waals surface area contributed by atoms with Crippen molar-refractivity contribution >= 4 is 32.2 Å². The molecule has 0 aliphatic rings. The van der Waals surface area contributed by atoms with Crippen molar-refractivity contribution in [2.24, 2.45) is 0 Å². The number of carboxylic acids is 1. The van der Waals surface area contributed by atoms with Gasteiger partial charge in [0.05, 0.1) is 51.3 Å². The molecule has 2 aromatic carbocycles. The number of hydrogen-bond donors (Lipinski definition) is 5. The van der Waals surface area contributed by atoms with Crippen LogP contribution in [0.2, 0.25) is 0 Å². The van der Waals surface area contributed by atoms with Gasteiger partial charge in [-0.2, -0.15) is 23.9 Å². The van der Waals surface area contributed by atoms with Crippen molar-refractivity contribution in [3.8, 4) is 23.0 Å². The molecule has 21 heteroatoms. The molecule has 4 rings (SSSR count). The zero-order chi connectivity index (χ0) is 40.0. The Morgan fingerprint density at radius 1 is 0.818 bits per heavy atom. The van der Waals surface area contributed by atoms with E-state index in [2.05, 4.69) is 19.1 Å². The predicted octanol–water partition coefficient (Wildman–Crippen LogP) is 1.83. The van der Waals surface area contributed by atoms with Crippen LogP contribution >= 0.6 is 0 Å². The van der Waals surface area contributed by atoms with E-state index in [4.69, 9.17) is 14.2 Å². The zero-order valence-electron chi connectivity index (χ0n) is 29.2. The van der Waals surface area contributed by atoms with Gasteiger partial charge in [0, 0.05) is 66.7 Å². The molecule has 2 heterocycles. The number of phenolic OH excluding ortho intramolecular Hbond substituents is 2. The first-order chi connectivity index (χ1) is 25.4. The second kappa shape index (κ2) is 18.6. The number of aliphatic carboxylic acids is 1. The van der Waals surface area contributed by atoms with Crippen molar-refractivity contribution < 1.29 is 86.7 Å². The number of ether oxygens (including phenoxy) is 3. The van der Waals surface area contributed by atoms with Gasteiger partial charge in [-0.15, -0.1) is 0 Å². The number of aromatic hydroxyl groups is 2.